The van der Waals surface area contributed by atoms with Gasteiger partial charge in [-0.15, -0.1) is 0 Å². The molecule has 0 aromatic heterocycles. The van der Waals surface area contributed by atoms with Gasteiger partial charge in [-0.3, -0.25) is 9.59 Å². The van der Waals surface area contributed by atoms with Crippen molar-refractivity contribution in [2.24, 2.45) is 10.9 Å². The van der Waals surface area contributed by atoms with Gasteiger partial charge in [0, 0.05) is 13.5 Å². The lowest BCUT2D eigenvalue weighted by atomic mass is 9.95. The predicted molar refractivity (Wildman–Crippen MR) is 87.9 cm³/mol. The second kappa shape index (κ2) is 6.57. The molecule has 1 N–H and O–H groups in total. The Morgan fingerprint density at radius 1 is 1.09 bits per heavy atom. The van der Waals surface area contributed by atoms with E-state index in [-0.39, 0.29) is 17.7 Å². The van der Waals surface area contributed by atoms with Gasteiger partial charge in [0.1, 0.15) is 0 Å². The number of nitrogens with zero attached hydrogens (tertiary/aromatic N) is 1. The molecule has 0 fully saturated rings. The molecule has 1 aliphatic rings. The molecule has 4 heteroatoms. The first kappa shape index (κ1) is 15.2. The summed E-state index contributed by atoms with van der Waals surface area (Å²) in [5.74, 6) is -0.353. The minimum absolute atomic E-state index is 0.0447. The first-order chi connectivity index (χ1) is 11.1. The van der Waals surface area contributed by atoms with Crippen molar-refractivity contribution in [3.05, 3.63) is 70.2 Å². The fraction of sp³-hybridized carbons (Fsp3) is 0.211. The van der Waals surface area contributed by atoms with Crippen molar-refractivity contribution in [1.29, 1.82) is 0 Å². The molecular formula is C19H18N2O2. The second-order valence-corrected chi connectivity index (χ2v) is 5.71. The molecule has 0 saturated heterocycles. The van der Waals surface area contributed by atoms with Gasteiger partial charge in [-0.1, -0.05) is 48.5 Å². The van der Waals surface area contributed by atoms with Gasteiger partial charge in [-0.25, -0.2) is 4.99 Å². The van der Waals surface area contributed by atoms with Crippen molar-refractivity contribution in [2.45, 2.75) is 19.9 Å². The molecule has 3 rings (SSSR count). The number of para-hydroxylation sites is 1. The summed E-state index contributed by atoms with van der Waals surface area (Å²) in [6.07, 6.45) is 2.63. The third-order valence-electron chi connectivity index (χ3n) is 3.89. The maximum atomic E-state index is 12.2. The highest BCUT2D eigenvalue weighted by atomic mass is 16.2. The average Bonchev–Trinajstić information content (AvgIpc) is 2.55. The Kier molecular flexibility index (Phi) is 4.33. The molecule has 0 radical (unpaired) electrons. The van der Waals surface area contributed by atoms with Crippen LogP contribution < -0.4 is 15.9 Å². The lowest BCUT2D eigenvalue weighted by Crippen LogP contribution is -2.34. The van der Waals surface area contributed by atoms with Crippen LogP contribution in [0, 0.1) is 5.92 Å². The number of hydrogen-bond donors (Lipinski definition) is 1. The van der Waals surface area contributed by atoms with E-state index >= 15 is 0 Å². The van der Waals surface area contributed by atoms with Crippen molar-refractivity contribution >= 4 is 17.9 Å². The van der Waals surface area contributed by atoms with Crippen LogP contribution in [0.1, 0.15) is 18.1 Å². The van der Waals surface area contributed by atoms with Crippen molar-refractivity contribution in [3.63, 3.8) is 0 Å². The van der Waals surface area contributed by atoms with E-state index in [1.807, 2.05) is 54.6 Å². The zero-order chi connectivity index (χ0) is 16.2. The van der Waals surface area contributed by atoms with Crippen molar-refractivity contribution < 1.29 is 9.59 Å². The van der Waals surface area contributed by atoms with Crippen LogP contribution in [0.15, 0.2) is 53.5 Å². The van der Waals surface area contributed by atoms with Crippen LogP contribution in [0.5, 0.6) is 0 Å². The Balaban J connectivity index is 1.73. The van der Waals surface area contributed by atoms with Crippen LogP contribution in [0.3, 0.4) is 0 Å². The largest absolute Gasteiger partial charge is 0.352 e. The fourth-order valence-corrected chi connectivity index (χ4v) is 2.64. The van der Waals surface area contributed by atoms with Crippen molar-refractivity contribution in [3.8, 4) is 0 Å². The van der Waals surface area contributed by atoms with Gasteiger partial charge < -0.3 is 5.32 Å². The van der Waals surface area contributed by atoms with E-state index in [0.717, 1.165) is 21.7 Å². The van der Waals surface area contributed by atoms with Gasteiger partial charge in [-0.05, 0) is 28.8 Å². The summed E-state index contributed by atoms with van der Waals surface area (Å²) in [5.41, 5.74) is 2.12. The highest BCUT2D eigenvalue weighted by Crippen LogP contribution is 2.14. The van der Waals surface area contributed by atoms with Crippen molar-refractivity contribution in [1.82, 2.24) is 5.32 Å². The monoisotopic (exact) mass is 306 g/mol. The van der Waals surface area contributed by atoms with E-state index in [2.05, 4.69) is 10.3 Å². The molecule has 0 spiro atoms. The fourth-order valence-electron chi connectivity index (χ4n) is 2.64. The summed E-state index contributed by atoms with van der Waals surface area (Å²) in [6.45, 7) is 2.02. The molecule has 4 nitrogen and oxygen atoms in total. The molecule has 0 saturated carbocycles. The number of rotatable bonds is 4. The standard InChI is InChI=1S/C19H18N2O2/c1-13(22)20-12-15-8-6-14(7-9-15)10-17-11-16-4-2-3-5-18(16)21-19(17)23/h2-9,11,17H,10,12H2,1H3,(H,20,22). The summed E-state index contributed by atoms with van der Waals surface area (Å²) in [7, 11) is 0. The number of fused-ring (bicyclic) bond motifs is 1. The minimum atomic E-state index is -0.217. The molecule has 1 atom stereocenters. The zero-order valence-corrected chi connectivity index (χ0v) is 13.0. The van der Waals surface area contributed by atoms with Crippen LogP contribution in [0.4, 0.5) is 0 Å². The van der Waals surface area contributed by atoms with Gasteiger partial charge in [0.25, 0.3) is 5.91 Å². The first-order valence-electron chi connectivity index (χ1n) is 7.63. The quantitative estimate of drug-likeness (QED) is 0.920. The predicted octanol–water partition coefficient (Wildman–Crippen LogP) is 1.12. The summed E-state index contributed by atoms with van der Waals surface area (Å²) < 4.78 is 0. The topological polar surface area (TPSA) is 58.5 Å². The number of carbonyl (C=O) groups excluding carboxylic acids is 2. The molecule has 23 heavy (non-hydrogen) atoms. The van der Waals surface area contributed by atoms with E-state index in [1.54, 1.807) is 0 Å². The number of amides is 2. The van der Waals surface area contributed by atoms with Crippen LogP contribution in [-0.2, 0) is 22.6 Å². The van der Waals surface area contributed by atoms with E-state index in [0.29, 0.717) is 13.0 Å². The average molecular weight is 306 g/mol. The Morgan fingerprint density at radius 2 is 1.78 bits per heavy atom. The Hall–Kier alpha value is -2.75. The molecule has 2 amide bonds. The lowest BCUT2D eigenvalue weighted by Gasteiger charge is -2.12. The molecule has 116 valence electrons. The van der Waals surface area contributed by atoms with Gasteiger partial charge in [-0.2, -0.15) is 0 Å². The second-order valence-electron chi connectivity index (χ2n) is 5.71. The normalized spacial score (nSPS) is 16.0. The van der Waals surface area contributed by atoms with Gasteiger partial charge in [0.2, 0.25) is 5.91 Å². The lowest BCUT2D eigenvalue weighted by molar-refractivity contribution is -0.120. The number of benzene rings is 2. The maximum absolute atomic E-state index is 12.2. The van der Waals surface area contributed by atoms with Crippen molar-refractivity contribution in [2.75, 3.05) is 0 Å². The van der Waals surface area contributed by atoms with E-state index in [9.17, 15) is 9.59 Å². The maximum Gasteiger partial charge on any atom is 0.253 e. The molecule has 2 aromatic carbocycles. The summed E-state index contributed by atoms with van der Waals surface area (Å²) >= 11 is 0. The Morgan fingerprint density at radius 3 is 2.52 bits per heavy atom. The highest BCUT2D eigenvalue weighted by Gasteiger charge is 2.18. The third-order valence-corrected chi connectivity index (χ3v) is 3.89. The molecule has 2 aromatic rings. The first-order valence-corrected chi connectivity index (χ1v) is 7.63. The Labute approximate surface area is 134 Å². The van der Waals surface area contributed by atoms with Crippen LogP contribution in [0.2, 0.25) is 0 Å². The SMILES string of the molecule is CC(=O)NCc1ccc(CC2C=c3ccccc3=NC2=O)cc1. The van der Waals surface area contributed by atoms with Gasteiger partial charge >= 0.3 is 0 Å². The van der Waals surface area contributed by atoms with E-state index in [4.69, 9.17) is 0 Å². The molecule has 0 bridgehead atoms. The zero-order valence-electron chi connectivity index (χ0n) is 13.0. The Bertz CT molecular complexity index is 854. The van der Waals surface area contributed by atoms with Gasteiger partial charge in [0.05, 0.1) is 11.3 Å². The number of hydrogen-bond acceptors (Lipinski definition) is 2. The summed E-state index contributed by atoms with van der Waals surface area (Å²) in [6, 6.07) is 15.6. The minimum Gasteiger partial charge on any atom is -0.352 e. The molecule has 1 unspecified atom stereocenters. The summed E-state index contributed by atoms with van der Waals surface area (Å²) in [5, 5.41) is 4.53. The van der Waals surface area contributed by atoms with E-state index < -0.39 is 0 Å². The molecule has 1 aliphatic heterocycles. The van der Waals surface area contributed by atoms with Crippen LogP contribution in [0.25, 0.3) is 6.08 Å². The molecule has 1 heterocycles. The highest BCUT2D eigenvalue weighted by molar-refractivity contribution is 5.86. The summed E-state index contributed by atoms with van der Waals surface area (Å²) in [4.78, 5) is 27.3. The van der Waals surface area contributed by atoms with E-state index in [1.165, 1.54) is 6.92 Å². The number of carbonyl (C=O) groups is 2. The van der Waals surface area contributed by atoms with Gasteiger partial charge in [0.15, 0.2) is 0 Å². The number of nitrogens with one attached hydrogen (secondary N) is 1. The van der Waals surface area contributed by atoms with Crippen LogP contribution >= 0.6 is 0 Å². The van der Waals surface area contributed by atoms with Crippen LogP contribution in [-0.4, -0.2) is 11.8 Å². The molecular weight excluding hydrogens is 288 g/mol. The molecule has 0 aliphatic carbocycles. The third kappa shape index (κ3) is 3.72. The smallest absolute Gasteiger partial charge is 0.253 e.